The number of rotatable bonds is 6. The molecule has 198 valence electrons. The maximum Gasteiger partial charge on any atom is 0.416 e. The van der Waals surface area contributed by atoms with Gasteiger partial charge in [-0.3, -0.25) is 9.36 Å². The number of hydrazone groups is 1. The first kappa shape index (κ1) is 25.6. The van der Waals surface area contributed by atoms with Crippen molar-refractivity contribution >= 4 is 22.5 Å². The first-order valence-corrected chi connectivity index (χ1v) is 11.8. The number of aromatic hydroxyl groups is 1. The summed E-state index contributed by atoms with van der Waals surface area (Å²) in [5.74, 6) is -0.876. The van der Waals surface area contributed by atoms with Gasteiger partial charge in [-0.1, -0.05) is 42.5 Å². The molecule has 0 aliphatic carbocycles. The first-order valence-electron chi connectivity index (χ1n) is 11.8. The van der Waals surface area contributed by atoms with Crippen molar-refractivity contribution in [2.24, 2.45) is 5.10 Å². The average Bonchev–Trinajstić information content (AvgIpc) is 3.49. The highest BCUT2D eigenvalue weighted by Crippen LogP contribution is 2.39. The van der Waals surface area contributed by atoms with E-state index in [-0.39, 0.29) is 29.2 Å². The molecule has 9 nitrogen and oxygen atoms in total. The fraction of sp³-hybridized carbons (Fsp3) is 0.148. The van der Waals surface area contributed by atoms with Gasteiger partial charge in [0, 0.05) is 16.6 Å². The van der Waals surface area contributed by atoms with E-state index in [2.05, 4.69) is 26.1 Å². The van der Waals surface area contributed by atoms with Crippen LogP contribution in [0, 0.1) is 13.8 Å². The fourth-order valence-corrected chi connectivity index (χ4v) is 4.44. The standard InChI is InChI=1S/C27H22F3N7O2/c1-16-10-17(2)12-20(11-16)37-22-13-19(27(28,29)30)8-9-21(22)24(26(37)39)25(18-6-4-3-5-7-18)33-32-23(38)14-36-15-31-34-35-36/h3-13,15,39H,14H2,1-2H3,(H,32,38)/b33-25+. The number of aryl methyl sites for hydroxylation is 2. The van der Waals surface area contributed by atoms with Crippen molar-refractivity contribution in [3.05, 3.63) is 101 Å². The van der Waals surface area contributed by atoms with Gasteiger partial charge in [0.2, 0.25) is 5.88 Å². The van der Waals surface area contributed by atoms with Crippen LogP contribution < -0.4 is 5.43 Å². The van der Waals surface area contributed by atoms with E-state index in [1.54, 1.807) is 42.5 Å². The molecule has 5 aromatic rings. The van der Waals surface area contributed by atoms with Crippen LogP contribution in [0.15, 0.2) is 78.2 Å². The van der Waals surface area contributed by atoms with E-state index in [0.29, 0.717) is 16.6 Å². The molecule has 1 amide bonds. The second-order valence-corrected chi connectivity index (χ2v) is 8.98. The van der Waals surface area contributed by atoms with E-state index in [9.17, 15) is 23.1 Å². The predicted octanol–water partition coefficient (Wildman–Crippen LogP) is 4.53. The Morgan fingerprint density at radius 2 is 1.74 bits per heavy atom. The van der Waals surface area contributed by atoms with Gasteiger partial charge in [0.1, 0.15) is 18.6 Å². The number of tetrazole rings is 1. The number of alkyl halides is 3. The maximum absolute atomic E-state index is 13.7. The van der Waals surface area contributed by atoms with Gasteiger partial charge < -0.3 is 5.11 Å². The molecule has 0 unspecified atom stereocenters. The Morgan fingerprint density at radius 3 is 2.38 bits per heavy atom. The highest BCUT2D eigenvalue weighted by Gasteiger charge is 2.32. The molecule has 2 N–H and O–H groups in total. The second kappa shape index (κ2) is 10.0. The quantitative estimate of drug-likeness (QED) is 0.246. The van der Waals surface area contributed by atoms with Crippen molar-refractivity contribution in [2.45, 2.75) is 26.6 Å². The third kappa shape index (κ3) is 5.21. The summed E-state index contributed by atoms with van der Waals surface area (Å²) in [5.41, 5.74) is 4.77. The van der Waals surface area contributed by atoms with Crippen LogP contribution in [-0.2, 0) is 17.5 Å². The number of hydrogen-bond donors (Lipinski definition) is 2. The van der Waals surface area contributed by atoms with Gasteiger partial charge in [0.25, 0.3) is 5.91 Å². The van der Waals surface area contributed by atoms with Crippen LogP contribution >= 0.6 is 0 Å². The Kier molecular flexibility index (Phi) is 6.60. The van der Waals surface area contributed by atoms with E-state index in [0.717, 1.165) is 23.3 Å². The normalized spacial score (nSPS) is 12.2. The smallest absolute Gasteiger partial charge is 0.416 e. The molecule has 39 heavy (non-hydrogen) atoms. The summed E-state index contributed by atoms with van der Waals surface area (Å²) in [4.78, 5) is 12.6. The highest BCUT2D eigenvalue weighted by atomic mass is 19.4. The molecule has 2 heterocycles. The number of halogens is 3. The summed E-state index contributed by atoms with van der Waals surface area (Å²) in [6.45, 7) is 3.50. The van der Waals surface area contributed by atoms with Crippen LogP contribution in [0.2, 0.25) is 0 Å². The number of nitrogens with zero attached hydrogens (tertiary/aromatic N) is 6. The molecule has 0 fully saturated rings. The van der Waals surface area contributed by atoms with Crippen molar-refractivity contribution in [1.29, 1.82) is 0 Å². The minimum atomic E-state index is -4.60. The lowest BCUT2D eigenvalue weighted by Crippen LogP contribution is -2.25. The summed E-state index contributed by atoms with van der Waals surface area (Å²) in [5, 5.41) is 26.8. The number of carbonyl (C=O) groups excluding carboxylic acids is 1. The lowest BCUT2D eigenvalue weighted by molar-refractivity contribution is -0.137. The van der Waals surface area contributed by atoms with E-state index < -0.39 is 17.6 Å². The minimum Gasteiger partial charge on any atom is -0.494 e. The molecule has 0 atom stereocenters. The van der Waals surface area contributed by atoms with Crippen LogP contribution in [-0.4, -0.2) is 41.5 Å². The Bertz CT molecular complexity index is 1670. The molecule has 0 saturated heterocycles. The number of fused-ring (bicyclic) bond motifs is 1. The molecule has 12 heteroatoms. The zero-order chi connectivity index (χ0) is 27.7. The molecule has 0 saturated carbocycles. The molecule has 0 aliphatic rings. The molecule has 5 rings (SSSR count). The number of nitrogens with one attached hydrogen (secondary N) is 1. The van der Waals surface area contributed by atoms with Crippen LogP contribution in [0.4, 0.5) is 13.2 Å². The highest BCUT2D eigenvalue weighted by molar-refractivity contribution is 6.21. The van der Waals surface area contributed by atoms with Gasteiger partial charge in [0.15, 0.2) is 0 Å². The summed E-state index contributed by atoms with van der Waals surface area (Å²) in [7, 11) is 0. The molecular weight excluding hydrogens is 511 g/mol. The Balaban J connectivity index is 1.74. The lowest BCUT2D eigenvalue weighted by Gasteiger charge is -2.12. The van der Waals surface area contributed by atoms with Crippen LogP contribution in [0.25, 0.3) is 16.6 Å². The molecule has 0 radical (unpaired) electrons. The third-order valence-corrected chi connectivity index (χ3v) is 6.01. The monoisotopic (exact) mass is 533 g/mol. The summed E-state index contributed by atoms with van der Waals surface area (Å²) in [6, 6.07) is 17.4. The number of benzene rings is 3. The Hall–Kier alpha value is -5.00. The average molecular weight is 534 g/mol. The van der Waals surface area contributed by atoms with Crippen molar-refractivity contribution in [2.75, 3.05) is 0 Å². The summed E-state index contributed by atoms with van der Waals surface area (Å²) < 4.78 is 43.7. The van der Waals surface area contributed by atoms with Crippen LogP contribution in [0.3, 0.4) is 0 Å². The fourth-order valence-electron chi connectivity index (χ4n) is 4.44. The molecule has 0 spiro atoms. The van der Waals surface area contributed by atoms with E-state index >= 15 is 0 Å². The molecular formula is C27H22F3N7O2. The van der Waals surface area contributed by atoms with Gasteiger partial charge >= 0.3 is 6.18 Å². The molecule has 0 aliphatic heterocycles. The number of amides is 1. The van der Waals surface area contributed by atoms with E-state index in [1.807, 2.05) is 19.9 Å². The Morgan fingerprint density at radius 1 is 1.03 bits per heavy atom. The zero-order valence-corrected chi connectivity index (χ0v) is 20.8. The first-order chi connectivity index (χ1) is 18.6. The van der Waals surface area contributed by atoms with Crippen molar-refractivity contribution in [3.8, 4) is 11.6 Å². The second-order valence-electron chi connectivity index (χ2n) is 8.98. The van der Waals surface area contributed by atoms with Gasteiger partial charge in [-0.05, 0) is 59.7 Å². The summed E-state index contributed by atoms with van der Waals surface area (Å²) >= 11 is 0. The van der Waals surface area contributed by atoms with Crippen molar-refractivity contribution < 1.29 is 23.1 Å². The number of hydrogen-bond acceptors (Lipinski definition) is 6. The zero-order valence-electron chi connectivity index (χ0n) is 20.8. The van der Waals surface area contributed by atoms with E-state index in [1.165, 1.54) is 21.6 Å². The predicted molar refractivity (Wildman–Crippen MR) is 137 cm³/mol. The summed E-state index contributed by atoms with van der Waals surface area (Å²) in [6.07, 6.45) is -3.33. The molecule has 3 aromatic carbocycles. The third-order valence-electron chi connectivity index (χ3n) is 6.01. The topological polar surface area (TPSA) is 110 Å². The van der Waals surface area contributed by atoms with Crippen molar-refractivity contribution in [3.63, 3.8) is 0 Å². The van der Waals surface area contributed by atoms with Crippen LogP contribution in [0.5, 0.6) is 5.88 Å². The largest absolute Gasteiger partial charge is 0.494 e. The SMILES string of the molecule is Cc1cc(C)cc(-n2c(O)c(/C(=N/NC(=O)Cn3cnnn3)c3ccccc3)c3ccc(C(F)(F)F)cc32)c1. The number of aromatic nitrogens is 5. The van der Waals surface area contributed by atoms with Crippen LogP contribution in [0.1, 0.15) is 27.8 Å². The van der Waals surface area contributed by atoms with Gasteiger partial charge in [0.05, 0.1) is 16.6 Å². The molecule has 0 bridgehead atoms. The van der Waals surface area contributed by atoms with Crippen molar-refractivity contribution in [1.82, 2.24) is 30.2 Å². The molecule has 2 aromatic heterocycles. The maximum atomic E-state index is 13.7. The number of carbonyl (C=O) groups is 1. The minimum absolute atomic E-state index is 0.131. The van der Waals surface area contributed by atoms with E-state index in [4.69, 9.17) is 0 Å². The van der Waals surface area contributed by atoms with Gasteiger partial charge in [-0.2, -0.15) is 18.3 Å². The van der Waals surface area contributed by atoms with Gasteiger partial charge in [-0.15, -0.1) is 5.10 Å². The Labute approximate surface area is 220 Å². The lowest BCUT2D eigenvalue weighted by atomic mass is 10.0. The van der Waals surface area contributed by atoms with Gasteiger partial charge in [-0.25, -0.2) is 10.1 Å².